The lowest BCUT2D eigenvalue weighted by Gasteiger charge is -2.37. The van der Waals surface area contributed by atoms with E-state index in [1.807, 2.05) is 26.2 Å². The molecule has 0 saturated heterocycles. The quantitative estimate of drug-likeness (QED) is 0.554. The van der Waals surface area contributed by atoms with E-state index in [1.165, 1.54) is 30.9 Å². The molecule has 0 bridgehead atoms. The van der Waals surface area contributed by atoms with Crippen LogP contribution in [-0.2, 0) is 4.65 Å². The summed E-state index contributed by atoms with van der Waals surface area (Å²) in [5, 5.41) is 15.3. The Hall–Kier alpha value is -1.95. The third kappa shape index (κ3) is 2.90. The lowest BCUT2D eigenvalue weighted by atomic mass is 9.82. The molecule has 0 amide bonds. The van der Waals surface area contributed by atoms with E-state index in [9.17, 15) is 5.11 Å². The van der Waals surface area contributed by atoms with Gasteiger partial charge in [0.05, 0.1) is 15.9 Å². The smallest absolute Gasteiger partial charge is 0.309 e. The molecule has 2 aromatic heterocycles. The Morgan fingerprint density at radius 3 is 2.54 bits per heavy atom. The fourth-order valence-electron chi connectivity index (χ4n) is 2.99. The molecule has 2 aromatic carbocycles. The van der Waals surface area contributed by atoms with Crippen LogP contribution in [0.25, 0.3) is 30.9 Å². The van der Waals surface area contributed by atoms with Crippen LogP contribution in [0, 0.1) is 0 Å². The molecule has 0 aliphatic rings. The van der Waals surface area contributed by atoms with Gasteiger partial charge in [0, 0.05) is 27.9 Å². The molecule has 0 aliphatic heterocycles. The second-order valence-corrected chi connectivity index (χ2v) is 8.88. The average molecular weight is 363 g/mol. The summed E-state index contributed by atoms with van der Waals surface area (Å²) < 4.78 is 8.54. The van der Waals surface area contributed by atoms with Gasteiger partial charge in [0.15, 0.2) is 0 Å². The van der Waals surface area contributed by atoms with Crippen LogP contribution in [0.3, 0.4) is 0 Å². The first-order chi connectivity index (χ1) is 12.3. The molecule has 0 saturated carbocycles. The number of benzene rings is 2. The van der Waals surface area contributed by atoms with Crippen molar-refractivity contribution >= 4 is 55.2 Å². The fraction of sp³-hybridized carbons (Fsp3) is 0.286. The highest BCUT2D eigenvalue weighted by molar-refractivity contribution is 7.26. The van der Waals surface area contributed by atoms with E-state index in [4.69, 9.17) is 4.65 Å². The molecular formula is C21H22BNO2S. The molecule has 132 valence electrons. The van der Waals surface area contributed by atoms with Crippen LogP contribution < -0.4 is 5.46 Å². The van der Waals surface area contributed by atoms with E-state index in [2.05, 4.69) is 41.4 Å². The molecule has 1 N–H and O–H groups in total. The lowest BCUT2D eigenvalue weighted by Crippen LogP contribution is -2.49. The van der Waals surface area contributed by atoms with Crippen molar-refractivity contribution in [3.05, 3.63) is 48.8 Å². The summed E-state index contributed by atoms with van der Waals surface area (Å²) in [4.78, 5) is 4.25. The van der Waals surface area contributed by atoms with Gasteiger partial charge in [-0.3, -0.25) is 4.98 Å². The number of hydrogen-bond acceptors (Lipinski definition) is 4. The zero-order chi connectivity index (χ0) is 18.5. The van der Waals surface area contributed by atoms with Crippen molar-refractivity contribution in [2.45, 2.75) is 38.9 Å². The maximum Gasteiger partial charge on any atom is 0.309 e. The first-order valence-corrected chi connectivity index (χ1v) is 9.62. The maximum atomic E-state index is 10.3. The highest BCUT2D eigenvalue weighted by Crippen LogP contribution is 2.37. The van der Waals surface area contributed by atoms with Gasteiger partial charge in [-0.05, 0) is 44.5 Å². The zero-order valence-electron chi connectivity index (χ0n) is 15.5. The first kappa shape index (κ1) is 17.5. The minimum Gasteiger partial charge on any atom is -0.427 e. The molecule has 0 atom stereocenters. The lowest BCUT2D eigenvalue weighted by molar-refractivity contribution is -0.0893. The van der Waals surface area contributed by atoms with Crippen LogP contribution in [0.2, 0.25) is 0 Å². The molecule has 4 aromatic rings. The second-order valence-electron chi connectivity index (χ2n) is 7.83. The summed E-state index contributed by atoms with van der Waals surface area (Å²) in [7, 11) is 0.468. The number of hydrogen-bond donors (Lipinski definition) is 1. The number of thiophene rings is 1. The molecule has 0 unspecified atom stereocenters. The standard InChI is InChI=1S/C21H22BNO2S/c1-20(2,24)21(3,4)25-22-14-7-5-13-6-8-16-15-9-10-23-12-18(15)26-19(16)17(13)11-14/h5-12,22,24H,1-4H3. The highest BCUT2D eigenvalue weighted by atomic mass is 32.1. The Kier molecular flexibility index (Phi) is 4.06. The summed E-state index contributed by atoms with van der Waals surface area (Å²) in [6.07, 6.45) is 3.78. The van der Waals surface area contributed by atoms with Crippen molar-refractivity contribution in [1.82, 2.24) is 4.98 Å². The third-order valence-corrected chi connectivity index (χ3v) is 6.59. The van der Waals surface area contributed by atoms with Gasteiger partial charge in [0.2, 0.25) is 0 Å². The topological polar surface area (TPSA) is 42.4 Å². The number of fused-ring (bicyclic) bond motifs is 5. The molecule has 26 heavy (non-hydrogen) atoms. The fourth-order valence-corrected chi connectivity index (χ4v) is 4.18. The summed E-state index contributed by atoms with van der Waals surface area (Å²) in [6, 6.07) is 12.9. The Balaban J connectivity index is 1.77. The Bertz CT molecular complexity index is 1110. The Labute approximate surface area is 157 Å². The average Bonchev–Trinajstić information content (AvgIpc) is 2.98. The van der Waals surface area contributed by atoms with E-state index in [-0.39, 0.29) is 0 Å². The van der Waals surface area contributed by atoms with Crippen molar-refractivity contribution in [3.63, 3.8) is 0 Å². The summed E-state index contributed by atoms with van der Waals surface area (Å²) in [6.45, 7) is 7.40. The van der Waals surface area contributed by atoms with Crippen molar-refractivity contribution in [3.8, 4) is 0 Å². The van der Waals surface area contributed by atoms with Crippen molar-refractivity contribution in [2.24, 2.45) is 0 Å². The minimum absolute atomic E-state index is 0.468. The predicted molar refractivity (Wildman–Crippen MR) is 113 cm³/mol. The van der Waals surface area contributed by atoms with Crippen LogP contribution in [-0.4, -0.2) is 28.8 Å². The number of aliphatic hydroxyl groups is 1. The van der Waals surface area contributed by atoms with Gasteiger partial charge < -0.3 is 9.76 Å². The SMILES string of the molecule is CC(C)(O)C(C)(C)OBc1ccc2ccc3c4ccncc4sc3c2c1. The van der Waals surface area contributed by atoms with Crippen molar-refractivity contribution in [1.29, 1.82) is 0 Å². The molecule has 5 heteroatoms. The van der Waals surface area contributed by atoms with Crippen LogP contribution in [0.15, 0.2) is 48.8 Å². The van der Waals surface area contributed by atoms with Gasteiger partial charge in [-0.25, -0.2) is 0 Å². The van der Waals surface area contributed by atoms with Crippen molar-refractivity contribution < 1.29 is 9.76 Å². The molecular weight excluding hydrogens is 341 g/mol. The molecule has 2 heterocycles. The van der Waals surface area contributed by atoms with Gasteiger partial charge in [-0.1, -0.05) is 35.8 Å². The number of rotatable bonds is 4. The maximum absolute atomic E-state index is 10.3. The number of pyridine rings is 1. The molecule has 0 radical (unpaired) electrons. The van der Waals surface area contributed by atoms with Crippen LogP contribution in [0.5, 0.6) is 0 Å². The van der Waals surface area contributed by atoms with Gasteiger partial charge in [0.1, 0.15) is 0 Å². The van der Waals surface area contributed by atoms with Gasteiger partial charge in [-0.2, -0.15) is 0 Å². The third-order valence-electron chi connectivity index (χ3n) is 5.40. The second kappa shape index (κ2) is 6.05. The summed E-state index contributed by atoms with van der Waals surface area (Å²) >= 11 is 1.78. The number of aromatic nitrogens is 1. The summed E-state index contributed by atoms with van der Waals surface area (Å²) in [5.41, 5.74) is -0.426. The molecule has 0 aliphatic carbocycles. The molecule has 4 rings (SSSR count). The minimum atomic E-state index is -0.907. The normalized spacial score (nSPS) is 13.0. The Morgan fingerprint density at radius 2 is 1.77 bits per heavy atom. The van der Waals surface area contributed by atoms with Gasteiger partial charge >= 0.3 is 7.48 Å². The van der Waals surface area contributed by atoms with Gasteiger partial charge in [0.25, 0.3) is 0 Å². The highest BCUT2D eigenvalue weighted by Gasteiger charge is 2.35. The molecule has 0 fully saturated rings. The van der Waals surface area contributed by atoms with Gasteiger partial charge in [-0.15, -0.1) is 11.3 Å². The largest absolute Gasteiger partial charge is 0.427 e. The number of nitrogens with zero attached hydrogens (tertiary/aromatic N) is 1. The summed E-state index contributed by atoms with van der Waals surface area (Å²) in [5.74, 6) is 0. The molecule has 0 spiro atoms. The van der Waals surface area contributed by atoms with E-state index >= 15 is 0 Å². The van der Waals surface area contributed by atoms with Crippen molar-refractivity contribution in [2.75, 3.05) is 0 Å². The first-order valence-electron chi connectivity index (χ1n) is 8.80. The van der Waals surface area contributed by atoms with Crippen LogP contribution in [0.1, 0.15) is 27.7 Å². The van der Waals surface area contributed by atoms with Crippen LogP contribution in [0.4, 0.5) is 0 Å². The van der Waals surface area contributed by atoms with E-state index in [0.717, 1.165) is 5.46 Å². The Morgan fingerprint density at radius 1 is 1.00 bits per heavy atom. The van der Waals surface area contributed by atoms with Crippen LogP contribution >= 0.6 is 11.3 Å². The monoisotopic (exact) mass is 363 g/mol. The van der Waals surface area contributed by atoms with E-state index in [0.29, 0.717) is 7.48 Å². The predicted octanol–water partition coefficient (Wildman–Crippen LogP) is 4.15. The zero-order valence-corrected chi connectivity index (χ0v) is 16.4. The van der Waals surface area contributed by atoms with E-state index in [1.54, 1.807) is 25.2 Å². The molecule has 3 nitrogen and oxygen atoms in total. The van der Waals surface area contributed by atoms with E-state index < -0.39 is 11.2 Å².